The molecule has 0 saturated heterocycles. The Morgan fingerprint density at radius 2 is 2.00 bits per heavy atom. The largest absolute Gasteiger partial charge is 0.297 e. The first-order chi connectivity index (χ1) is 8.56. The van der Waals surface area contributed by atoms with Crippen molar-refractivity contribution in [3.63, 3.8) is 0 Å². The van der Waals surface area contributed by atoms with E-state index >= 15 is 0 Å². The van der Waals surface area contributed by atoms with Crippen LogP contribution in [-0.2, 0) is 0 Å². The molecule has 2 nitrogen and oxygen atoms in total. The Bertz CT molecular complexity index is 266. The molecule has 0 aromatic carbocycles. The molecule has 0 aromatic rings. The lowest BCUT2D eigenvalue weighted by molar-refractivity contribution is 0.372. The van der Waals surface area contributed by atoms with Crippen LogP contribution in [0.2, 0.25) is 0 Å². The summed E-state index contributed by atoms with van der Waals surface area (Å²) in [7, 11) is 0. The Morgan fingerprint density at radius 1 is 1.33 bits per heavy atom. The fourth-order valence-corrected chi connectivity index (χ4v) is 4.05. The van der Waals surface area contributed by atoms with Crippen molar-refractivity contribution >= 4 is 11.8 Å². The molecule has 0 aromatic heterocycles. The van der Waals surface area contributed by atoms with Crippen LogP contribution in [0.3, 0.4) is 0 Å². The molecule has 0 spiro atoms. The van der Waals surface area contributed by atoms with Gasteiger partial charge in [0.15, 0.2) is 0 Å². The van der Waals surface area contributed by atoms with E-state index < -0.39 is 0 Å². The number of unbranched alkanes of at least 4 members (excludes halogenated alkanes) is 1. The van der Waals surface area contributed by atoms with Crippen molar-refractivity contribution in [2.75, 3.05) is 5.75 Å². The fraction of sp³-hybridized carbons (Fsp3) is 0.933. The zero-order valence-electron chi connectivity index (χ0n) is 12.2. The summed E-state index contributed by atoms with van der Waals surface area (Å²) in [4.78, 5) is 0. The summed E-state index contributed by atoms with van der Waals surface area (Å²) in [6.45, 7) is 6.23. The SMILES string of the molecule is CC(C)NC(C)(C#N)CCCCSC1CCCC1. The predicted octanol–water partition coefficient (Wildman–Crippen LogP) is 4.11. The van der Waals surface area contributed by atoms with E-state index in [1.165, 1.54) is 37.9 Å². The first kappa shape index (κ1) is 15.9. The molecular formula is C15H28N2S. The van der Waals surface area contributed by atoms with Crippen LogP contribution in [0.15, 0.2) is 0 Å². The van der Waals surface area contributed by atoms with Gasteiger partial charge in [0, 0.05) is 11.3 Å². The van der Waals surface area contributed by atoms with E-state index in [-0.39, 0.29) is 5.54 Å². The smallest absolute Gasteiger partial charge is 0.104 e. The maximum Gasteiger partial charge on any atom is 0.104 e. The van der Waals surface area contributed by atoms with Crippen molar-refractivity contribution in [3.8, 4) is 6.07 Å². The van der Waals surface area contributed by atoms with Crippen molar-refractivity contribution < 1.29 is 0 Å². The lowest BCUT2D eigenvalue weighted by atomic mass is 9.96. The summed E-state index contributed by atoms with van der Waals surface area (Å²) in [5, 5.41) is 13.5. The average molecular weight is 268 g/mol. The van der Waals surface area contributed by atoms with Gasteiger partial charge >= 0.3 is 0 Å². The molecule has 1 unspecified atom stereocenters. The van der Waals surface area contributed by atoms with Crippen LogP contribution in [0, 0.1) is 11.3 Å². The number of nitriles is 1. The van der Waals surface area contributed by atoms with Gasteiger partial charge in [0.25, 0.3) is 0 Å². The van der Waals surface area contributed by atoms with Gasteiger partial charge < -0.3 is 0 Å². The lowest BCUT2D eigenvalue weighted by Gasteiger charge is -2.25. The summed E-state index contributed by atoms with van der Waals surface area (Å²) < 4.78 is 0. The third kappa shape index (κ3) is 6.11. The molecule has 1 atom stereocenters. The summed E-state index contributed by atoms with van der Waals surface area (Å²) in [6.07, 6.45) is 9.09. The van der Waals surface area contributed by atoms with Crippen LogP contribution in [0.1, 0.15) is 65.7 Å². The first-order valence-corrected chi connectivity index (χ1v) is 8.41. The van der Waals surface area contributed by atoms with Gasteiger partial charge in [-0.15, -0.1) is 0 Å². The molecular weight excluding hydrogens is 240 g/mol. The van der Waals surface area contributed by atoms with Gasteiger partial charge in [0.1, 0.15) is 5.54 Å². The third-order valence-corrected chi connectivity index (χ3v) is 5.05. The second-order valence-corrected chi connectivity index (χ2v) is 7.39. The maximum atomic E-state index is 9.25. The van der Waals surface area contributed by atoms with Crippen molar-refractivity contribution in [3.05, 3.63) is 0 Å². The summed E-state index contributed by atoms with van der Waals surface area (Å²) in [5.74, 6) is 1.27. The Balaban J connectivity index is 2.09. The van der Waals surface area contributed by atoms with Crippen LogP contribution in [0.25, 0.3) is 0 Å². The number of hydrogen-bond acceptors (Lipinski definition) is 3. The number of hydrogen-bond donors (Lipinski definition) is 1. The molecule has 0 bridgehead atoms. The molecule has 0 radical (unpaired) electrons. The highest BCUT2D eigenvalue weighted by atomic mass is 32.2. The van der Waals surface area contributed by atoms with E-state index in [1.807, 2.05) is 6.92 Å². The van der Waals surface area contributed by atoms with E-state index in [4.69, 9.17) is 0 Å². The number of rotatable bonds is 8. The first-order valence-electron chi connectivity index (χ1n) is 7.36. The summed E-state index contributed by atoms with van der Waals surface area (Å²) in [5.41, 5.74) is -0.341. The van der Waals surface area contributed by atoms with Crippen LogP contribution in [0.5, 0.6) is 0 Å². The van der Waals surface area contributed by atoms with Crippen molar-refractivity contribution in [1.82, 2.24) is 5.32 Å². The molecule has 1 N–H and O–H groups in total. The molecule has 1 rings (SSSR count). The molecule has 0 amide bonds. The van der Waals surface area contributed by atoms with Crippen molar-refractivity contribution in [2.45, 2.75) is 82.5 Å². The van der Waals surface area contributed by atoms with E-state index in [2.05, 4.69) is 37.0 Å². The topological polar surface area (TPSA) is 35.8 Å². The minimum absolute atomic E-state index is 0.341. The minimum atomic E-state index is -0.341. The van der Waals surface area contributed by atoms with E-state index in [0.717, 1.165) is 18.1 Å². The predicted molar refractivity (Wildman–Crippen MR) is 80.9 cm³/mol. The second kappa shape index (κ2) is 8.07. The number of nitrogens with zero attached hydrogens (tertiary/aromatic N) is 1. The Morgan fingerprint density at radius 3 is 2.56 bits per heavy atom. The average Bonchev–Trinajstić information content (AvgIpc) is 2.80. The molecule has 1 aliphatic carbocycles. The second-order valence-electron chi connectivity index (χ2n) is 5.98. The highest BCUT2D eigenvalue weighted by Gasteiger charge is 2.23. The van der Waals surface area contributed by atoms with E-state index in [0.29, 0.717) is 6.04 Å². The van der Waals surface area contributed by atoms with E-state index in [9.17, 15) is 5.26 Å². The monoisotopic (exact) mass is 268 g/mol. The third-order valence-electron chi connectivity index (χ3n) is 3.58. The van der Waals surface area contributed by atoms with Gasteiger partial charge in [-0.3, -0.25) is 5.32 Å². The van der Waals surface area contributed by atoms with Gasteiger partial charge in [-0.25, -0.2) is 0 Å². The van der Waals surface area contributed by atoms with Crippen molar-refractivity contribution in [1.29, 1.82) is 5.26 Å². The highest BCUT2D eigenvalue weighted by molar-refractivity contribution is 7.99. The number of nitrogens with one attached hydrogen (secondary N) is 1. The standard InChI is InChI=1S/C15H28N2S/c1-13(2)17-15(3,12-16)10-6-7-11-18-14-8-4-5-9-14/h13-14,17H,4-11H2,1-3H3. The Hall–Kier alpha value is -0.200. The fourth-order valence-electron chi connectivity index (χ4n) is 2.68. The molecule has 0 aliphatic heterocycles. The molecule has 1 fully saturated rings. The lowest BCUT2D eigenvalue weighted by Crippen LogP contribution is -2.44. The molecule has 3 heteroatoms. The normalized spacial score (nSPS) is 19.9. The zero-order chi connectivity index (χ0) is 13.4. The molecule has 1 saturated carbocycles. The Kier molecular flexibility index (Phi) is 7.11. The molecule has 0 heterocycles. The Labute approximate surface area is 117 Å². The highest BCUT2D eigenvalue weighted by Crippen LogP contribution is 2.30. The van der Waals surface area contributed by atoms with Gasteiger partial charge in [-0.1, -0.05) is 12.8 Å². The van der Waals surface area contributed by atoms with Crippen LogP contribution < -0.4 is 5.32 Å². The molecule has 1 aliphatic rings. The summed E-state index contributed by atoms with van der Waals surface area (Å²) in [6, 6.07) is 2.80. The maximum absolute atomic E-state index is 9.25. The molecule has 104 valence electrons. The quantitative estimate of drug-likeness (QED) is 0.673. The van der Waals surface area contributed by atoms with Gasteiger partial charge in [-0.05, 0) is 58.6 Å². The van der Waals surface area contributed by atoms with Crippen LogP contribution >= 0.6 is 11.8 Å². The van der Waals surface area contributed by atoms with Gasteiger partial charge in [-0.2, -0.15) is 17.0 Å². The number of thioether (sulfide) groups is 1. The minimum Gasteiger partial charge on any atom is -0.297 e. The summed E-state index contributed by atoms with van der Waals surface area (Å²) >= 11 is 2.15. The molecule has 18 heavy (non-hydrogen) atoms. The van der Waals surface area contributed by atoms with Crippen LogP contribution in [0.4, 0.5) is 0 Å². The van der Waals surface area contributed by atoms with E-state index in [1.54, 1.807) is 0 Å². The van der Waals surface area contributed by atoms with Crippen LogP contribution in [-0.4, -0.2) is 22.6 Å². The zero-order valence-corrected chi connectivity index (χ0v) is 13.0. The van der Waals surface area contributed by atoms with Gasteiger partial charge in [0.05, 0.1) is 6.07 Å². The van der Waals surface area contributed by atoms with Gasteiger partial charge in [0.2, 0.25) is 0 Å². The van der Waals surface area contributed by atoms with Crippen molar-refractivity contribution in [2.24, 2.45) is 0 Å².